The molecular formula is C14H12F2O2. The average molecular weight is 250 g/mol. The van der Waals surface area contributed by atoms with E-state index in [0.29, 0.717) is 5.56 Å². The van der Waals surface area contributed by atoms with Gasteiger partial charge in [0.15, 0.2) is 0 Å². The summed E-state index contributed by atoms with van der Waals surface area (Å²) in [7, 11) is 0. The minimum atomic E-state index is -1.80. The number of rotatable bonds is 2. The van der Waals surface area contributed by atoms with E-state index in [-0.39, 0.29) is 5.75 Å². The Bertz CT molecular complexity index is 542. The molecule has 0 radical (unpaired) electrons. The molecule has 1 atom stereocenters. The minimum absolute atomic E-state index is 0.0172. The van der Waals surface area contributed by atoms with Crippen molar-refractivity contribution in [3.8, 4) is 5.75 Å². The third kappa shape index (κ3) is 2.07. The van der Waals surface area contributed by atoms with Crippen molar-refractivity contribution in [1.29, 1.82) is 0 Å². The van der Waals surface area contributed by atoms with Gasteiger partial charge < -0.3 is 10.2 Å². The van der Waals surface area contributed by atoms with Gasteiger partial charge in [-0.2, -0.15) is 0 Å². The molecule has 2 aromatic carbocycles. The Labute approximate surface area is 103 Å². The third-order valence-corrected chi connectivity index (χ3v) is 2.88. The van der Waals surface area contributed by atoms with Crippen LogP contribution in [-0.2, 0) is 5.60 Å². The summed E-state index contributed by atoms with van der Waals surface area (Å²) in [4.78, 5) is 0. The van der Waals surface area contributed by atoms with Gasteiger partial charge in [-0.15, -0.1) is 0 Å². The molecule has 0 aliphatic heterocycles. The van der Waals surface area contributed by atoms with Crippen molar-refractivity contribution < 1.29 is 19.0 Å². The standard InChI is InChI=1S/C14H12F2O2/c1-14(18,9-5-7-10(17)8-6-9)13-11(15)3-2-4-12(13)16/h2-8,17-18H,1H3. The lowest BCUT2D eigenvalue weighted by Crippen LogP contribution is -2.25. The molecule has 1 unspecified atom stereocenters. The maximum atomic E-state index is 13.7. The third-order valence-electron chi connectivity index (χ3n) is 2.88. The SMILES string of the molecule is CC(O)(c1ccc(O)cc1)c1c(F)cccc1F. The zero-order chi connectivity index (χ0) is 13.3. The lowest BCUT2D eigenvalue weighted by Gasteiger charge is -2.25. The minimum Gasteiger partial charge on any atom is -0.508 e. The van der Waals surface area contributed by atoms with Crippen LogP contribution in [-0.4, -0.2) is 10.2 Å². The highest BCUT2D eigenvalue weighted by Gasteiger charge is 2.31. The van der Waals surface area contributed by atoms with Crippen LogP contribution >= 0.6 is 0 Å². The Morgan fingerprint density at radius 1 is 0.944 bits per heavy atom. The van der Waals surface area contributed by atoms with Gasteiger partial charge in [0, 0.05) is 0 Å². The zero-order valence-corrected chi connectivity index (χ0v) is 9.69. The van der Waals surface area contributed by atoms with E-state index in [9.17, 15) is 19.0 Å². The molecule has 0 spiro atoms. The van der Waals surface area contributed by atoms with Crippen LogP contribution < -0.4 is 0 Å². The molecule has 0 heterocycles. The molecule has 0 saturated heterocycles. The first-order valence-corrected chi connectivity index (χ1v) is 5.39. The van der Waals surface area contributed by atoms with Crippen LogP contribution in [0.1, 0.15) is 18.1 Å². The molecule has 0 amide bonds. The van der Waals surface area contributed by atoms with Gasteiger partial charge in [0.1, 0.15) is 23.0 Å². The molecule has 2 N–H and O–H groups in total. The van der Waals surface area contributed by atoms with Crippen LogP contribution in [0.3, 0.4) is 0 Å². The van der Waals surface area contributed by atoms with Crippen LogP contribution in [0.25, 0.3) is 0 Å². The number of phenols is 1. The van der Waals surface area contributed by atoms with Gasteiger partial charge in [0.05, 0.1) is 5.56 Å². The number of hydrogen-bond acceptors (Lipinski definition) is 2. The summed E-state index contributed by atoms with van der Waals surface area (Å²) >= 11 is 0. The molecule has 2 aromatic rings. The highest BCUT2D eigenvalue weighted by atomic mass is 19.1. The van der Waals surface area contributed by atoms with E-state index >= 15 is 0 Å². The lowest BCUT2D eigenvalue weighted by molar-refractivity contribution is 0.0933. The van der Waals surface area contributed by atoms with E-state index in [4.69, 9.17) is 0 Å². The van der Waals surface area contributed by atoms with Gasteiger partial charge in [-0.1, -0.05) is 18.2 Å². The predicted molar refractivity (Wildman–Crippen MR) is 63.1 cm³/mol. The quantitative estimate of drug-likeness (QED) is 0.860. The first-order chi connectivity index (χ1) is 8.43. The first-order valence-electron chi connectivity index (χ1n) is 5.39. The number of halogens is 2. The molecule has 0 aliphatic carbocycles. The topological polar surface area (TPSA) is 40.5 Å². The van der Waals surface area contributed by atoms with Gasteiger partial charge in [0.2, 0.25) is 0 Å². The molecule has 94 valence electrons. The van der Waals surface area contributed by atoms with Crippen molar-refractivity contribution in [3.63, 3.8) is 0 Å². The fourth-order valence-electron chi connectivity index (χ4n) is 1.89. The van der Waals surface area contributed by atoms with Crippen molar-refractivity contribution in [2.24, 2.45) is 0 Å². The van der Waals surface area contributed by atoms with E-state index in [1.165, 1.54) is 37.3 Å². The predicted octanol–water partition coefficient (Wildman–Crippen LogP) is 2.93. The number of aromatic hydroxyl groups is 1. The molecule has 0 aromatic heterocycles. The lowest BCUT2D eigenvalue weighted by atomic mass is 9.87. The second-order valence-electron chi connectivity index (χ2n) is 4.22. The summed E-state index contributed by atoms with van der Waals surface area (Å²) in [5.41, 5.74) is -1.91. The maximum absolute atomic E-state index is 13.7. The molecule has 0 fully saturated rings. The van der Waals surface area contributed by atoms with Crippen LogP contribution in [0.5, 0.6) is 5.75 Å². The molecule has 0 saturated carbocycles. The molecule has 0 bridgehead atoms. The van der Waals surface area contributed by atoms with Gasteiger partial charge in [-0.3, -0.25) is 0 Å². The summed E-state index contributed by atoms with van der Waals surface area (Å²) < 4.78 is 27.3. The fraction of sp³-hybridized carbons (Fsp3) is 0.143. The summed E-state index contributed by atoms with van der Waals surface area (Å²) in [5, 5.41) is 19.5. The monoisotopic (exact) mass is 250 g/mol. The number of hydrogen-bond donors (Lipinski definition) is 2. The fourth-order valence-corrected chi connectivity index (χ4v) is 1.89. The summed E-state index contributed by atoms with van der Waals surface area (Å²) in [5.74, 6) is -1.61. The number of aliphatic hydroxyl groups is 1. The van der Waals surface area contributed by atoms with Crippen molar-refractivity contribution >= 4 is 0 Å². The first kappa shape index (κ1) is 12.5. The zero-order valence-electron chi connectivity index (χ0n) is 9.69. The van der Waals surface area contributed by atoms with Crippen LogP contribution in [0.15, 0.2) is 42.5 Å². The van der Waals surface area contributed by atoms with E-state index in [0.717, 1.165) is 12.1 Å². The van der Waals surface area contributed by atoms with Crippen molar-refractivity contribution in [1.82, 2.24) is 0 Å². The van der Waals surface area contributed by atoms with Crippen LogP contribution in [0.4, 0.5) is 8.78 Å². The largest absolute Gasteiger partial charge is 0.508 e. The average Bonchev–Trinajstić information content (AvgIpc) is 2.29. The van der Waals surface area contributed by atoms with Gasteiger partial charge in [0.25, 0.3) is 0 Å². The Kier molecular flexibility index (Phi) is 3.05. The van der Waals surface area contributed by atoms with Gasteiger partial charge in [-0.25, -0.2) is 8.78 Å². The Balaban J connectivity index is 2.57. The molecule has 18 heavy (non-hydrogen) atoms. The molecule has 0 aliphatic rings. The molecule has 2 nitrogen and oxygen atoms in total. The van der Waals surface area contributed by atoms with E-state index in [1.807, 2.05) is 0 Å². The van der Waals surface area contributed by atoms with Gasteiger partial charge in [-0.05, 0) is 36.8 Å². The summed E-state index contributed by atoms with van der Waals surface area (Å²) in [6.07, 6.45) is 0. The number of phenolic OH excluding ortho intramolecular Hbond substituents is 1. The van der Waals surface area contributed by atoms with Crippen molar-refractivity contribution in [3.05, 3.63) is 65.2 Å². The van der Waals surface area contributed by atoms with E-state index < -0.39 is 22.8 Å². The second kappa shape index (κ2) is 4.38. The van der Waals surface area contributed by atoms with Gasteiger partial charge >= 0.3 is 0 Å². The summed E-state index contributed by atoms with van der Waals surface area (Å²) in [6.45, 7) is 1.31. The van der Waals surface area contributed by atoms with E-state index in [2.05, 4.69) is 0 Å². The Hall–Kier alpha value is -1.94. The van der Waals surface area contributed by atoms with Crippen LogP contribution in [0, 0.1) is 11.6 Å². The van der Waals surface area contributed by atoms with Crippen LogP contribution in [0.2, 0.25) is 0 Å². The van der Waals surface area contributed by atoms with Crippen molar-refractivity contribution in [2.45, 2.75) is 12.5 Å². The van der Waals surface area contributed by atoms with Crippen molar-refractivity contribution in [2.75, 3.05) is 0 Å². The maximum Gasteiger partial charge on any atom is 0.132 e. The molecule has 2 rings (SSSR count). The smallest absolute Gasteiger partial charge is 0.132 e. The molecule has 4 heteroatoms. The second-order valence-corrected chi connectivity index (χ2v) is 4.22. The Morgan fingerprint density at radius 3 is 1.94 bits per heavy atom. The van der Waals surface area contributed by atoms with E-state index in [1.54, 1.807) is 0 Å². The number of benzene rings is 2. The normalized spacial score (nSPS) is 14.2. The molecular weight excluding hydrogens is 238 g/mol. The highest BCUT2D eigenvalue weighted by molar-refractivity contribution is 5.38. The highest BCUT2D eigenvalue weighted by Crippen LogP contribution is 2.33. The summed E-state index contributed by atoms with van der Waals surface area (Å²) in [6, 6.07) is 8.95. The Morgan fingerprint density at radius 2 is 1.44 bits per heavy atom.